The fourth-order valence-corrected chi connectivity index (χ4v) is 4.31. The van der Waals surface area contributed by atoms with Gasteiger partial charge in [-0.3, -0.25) is 4.90 Å². The summed E-state index contributed by atoms with van der Waals surface area (Å²) in [6.45, 7) is 6.42. The van der Waals surface area contributed by atoms with E-state index in [-0.39, 0.29) is 0 Å². The summed E-state index contributed by atoms with van der Waals surface area (Å²) in [6, 6.07) is 4.93. The monoisotopic (exact) mass is 294 g/mol. The van der Waals surface area contributed by atoms with E-state index in [0.717, 1.165) is 18.2 Å². The molecule has 0 saturated carbocycles. The predicted molar refractivity (Wildman–Crippen MR) is 85.4 cm³/mol. The molecule has 2 aliphatic rings. The lowest BCUT2D eigenvalue weighted by molar-refractivity contribution is 0.115. The van der Waals surface area contributed by atoms with Crippen LogP contribution in [-0.2, 0) is 6.42 Å². The van der Waals surface area contributed by atoms with Gasteiger partial charge in [-0.25, -0.2) is 0 Å². The van der Waals surface area contributed by atoms with Crippen LogP contribution in [0, 0.1) is 0 Å². The molecule has 0 amide bonds. The number of piperidine rings is 1. The number of nitrogens with zero attached hydrogens (tertiary/aromatic N) is 2. The van der Waals surface area contributed by atoms with Crippen molar-refractivity contribution in [2.45, 2.75) is 31.7 Å². The lowest BCUT2D eigenvalue weighted by Crippen LogP contribution is -2.47. The third kappa shape index (κ3) is 4.03. The highest BCUT2D eigenvalue weighted by Gasteiger charge is 2.25. The molecule has 1 aromatic rings. The quantitative estimate of drug-likeness (QED) is 0.831. The minimum absolute atomic E-state index is 0.859. The molecule has 3 nitrogen and oxygen atoms in total. The van der Waals surface area contributed by atoms with Gasteiger partial charge in [0.05, 0.1) is 6.26 Å². The van der Waals surface area contributed by atoms with Crippen molar-refractivity contribution in [1.82, 2.24) is 9.80 Å². The molecule has 2 saturated heterocycles. The first-order valence-electron chi connectivity index (χ1n) is 7.98. The lowest BCUT2D eigenvalue weighted by Gasteiger charge is -2.40. The Balaban J connectivity index is 1.33. The Morgan fingerprint density at radius 2 is 1.95 bits per heavy atom. The molecule has 0 aromatic carbocycles. The Morgan fingerprint density at radius 1 is 1.15 bits per heavy atom. The maximum absolute atomic E-state index is 5.39. The number of furan rings is 1. The van der Waals surface area contributed by atoms with Gasteiger partial charge in [0, 0.05) is 37.1 Å². The van der Waals surface area contributed by atoms with E-state index in [0.29, 0.717) is 0 Å². The van der Waals surface area contributed by atoms with E-state index in [1.807, 2.05) is 6.07 Å². The Kier molecular flexibility index (Phi) is 5.45. The van der Waals surface area contributed by atoms with Crippen LogP contribution in [0.2, 0.25) is 0 Å². The summed E-state index contributed by atoms with van der Waals surface area (Å²) in [6.07, 6.45) is 6.81. The highest BCUT2D eigenvalue weighted by molar-refractivity contribution is 7.99. The molecule has 0 radical (unpaired) electrons. The van der Waals surface area contributed by atoms with E-state index in [4.69, 9.17) is 4.42 Å². The van der Waals surface area contributed by atoms with Gasteiger partial charge in [0.2, 0.25) is 0 Å². The highest BCUT2D eigenvalue weighted by Crippen LogP contribution is 2.20. The smallest absolute Gasteiger partial charge is 0.103 e. The Hall–Kier alpha value is -0.450. The summed E-state index contributed by atoms with van der Waals surface area (Å²) in [4.78, 5) is 5.37. The van der Waals surface area contributed by atoms with E-state index in [1.54, 1.807) is 6.26 Å². The van der Waals surface area contributed by atoms with Gasteiger partial charge in [-0.1, -0.05) is 0 Å². The van der Waals surface area contributed by atoms with Crippen LogP contribution >= 0.6 is 11.8 Å². The number of thioether (sulfide) groups is 1. The van der Waals surface area contributed by atoms with Gasteiger partial charge in [-0.2, -0.15) is 11.8 Å². The summed E-state index contributed by atoms with van der Waals surface area (Å²) in [7, 11) is 0. The van der Waals surface area contributed by atoms with E-state index in [9.17, 15) is 0 Å². The van der Waals surface area contributed by atoms with Gasteiger partial charge in [0.15, 0.2) is 0 Å². The van der Waals surface area contributed by atoms with Gasteiger partial charge in [0.1, 0.15) is 5.76 Å². The fourth-order valence-electron chi connectivity index (χ4n) is 3.38. The van der Waals surface area contributed by atoms with Crippen LogP contribution in [-0.4, -0.2) is 60.1 Å². The first-order chi connectivity index (χ1) is 9.92. The third-order valence-corrected chi connectivity index (χ3v) is 5.54. The van der Waals surface area contributed by atoms with Crippen molar-refractivity contribution in [2.24, 2.45) is 0 Å². The van der Waals surface area contributed by atoms with Crippen LogP contribution in [0.4, 0.5) is 0 Å². The van der Waals surface area contributed by atoms with Gasteiger partial charge in [-0.15, -0.1) is 0 Å². The SMILES string of the molecule is c1coc(CCCN2CCC(N3CCSCC3)CC2)c1. The van der Waals surface area contributed by atoms with Crippen LogP contribution in [0.5, 0.6) is 0 Å². The van der Waals surface area contributed by atoms with Crippen molar-refractivity contribution in [1.29, 1.82) is 0 Å². The summed E-state index contributed by atoms with van der Waals surface area (Å²) < 4.78 is 5.39. The Bertz CT molecular complexity index is 368. The van der Waals surface area contributed by atoms with E-state index < -0.39 is 0 Å². The zero-order valence-electron chi connectivity index (χ0n) is 12.3. The Morgan fingerprint density at radius 3 is 2.65 bits per heavy atom. The number of rotatable bonds is 5. The van der Waals surface area contributed by atoms with Gasteiger partial charge < -0.3 is 9.32 Å². The van der Waals surface area contributed by atoms with Crippen molar-refractivity contribution >= 4 is 11.8 Å². The second-order valence-electron chi connectivity index (χ2n) is 5.90. The predicted octanol–water partition coefficient (Wildman–Crippen LogP) is 2.73. The minimum Gasteiger partial charge on any atom is -0.469 e. The van der Waals surface area contributed by atoms with Crippen LogP contribution < -0.4 is 0 Å². The van der Waals surface area contributed by atoms with Crippen LogP contribution in [0.3, 0.4) is 0 Å². The molecule has 112 valence electrons. The number of hydrogen-bond acceptors (Lipinski definition) is 4. The van der Waals surface area contributed by atoms with Gasteiger partial charge in [0.25, 0.3) is 0 Å². The normalized spacial score (nSPS) is 23.2. The molecule has 3 rings (SSSR count). The van der Waals surface area contributed by atoms with Crippen LogP contribution in [0.15, 0.2) is 22.8 Å². The van der Waals surface area contributed by atoms with Crippen molar-refractivity contribution in [2.75, 3.05) is 44.2 Å². The second kappa shape index (κ2) is 7.53. The number of likely N-dealkylation sites (tertiary alicyclic amines) is 1. The second-order valence-corrected chi connectivity index (χ2v) is 7.13. The van der Waals surface area contributed by atoms with E-state index >= 15 is 0 Å². The topological polar surface area (TPSA) is 19.6 Å². The molecule has 0 spiro atoms. The van der Waals surface area contributed by atoms with Crippen LogP contribution in [0.1, 0.15) is 25.0 Å². The summed E-state index contributed by atoms with van der Waals surface area (Å²) in [5.74, 6) is 3.80. The molecule has 0 N–H and O–H groups in total. The van der Waals surface area contributed by atoms with Crippen molar-refractivity contribution in [3.8, 4) is 0 Å². The summed E-state index contributed by atoms with van der Waals surface area (Å²) in [5.41, 5.74) is 0. The molecule has 20 heavy (non-hydrogen) atoms. The van der Waals surface area contributed by atoms with Crippen LogP contribution in [0.25, 0.3) is 0 Å². The zero-order valence-corrected chi connectivity index (χ0v) is 13.1. The molecule has 4 heteroatoms. The van der Waals surface area contributed by atoms with E-state index in [2.05, 4.69) is 27.6 Å². The van der Waals surface area contributed by atoms with Crippen molar-refractivity contribution in [3.05, 3.63) is 24.2 Å². The average molecular weight is 294 g/mol. The Labute approximate surface area is 126 Å². The lowest BCUT2D eigenvalue weighted by atomic mass is 10.0. The maximum Gasteiger partial charge on any atom is 0.103 e. The molecule has 0 atom stereocenters. The van der Waals surface area contributed by atoms with E-state index in [1.165, 1.54) is 63.5 Å². The molecule has 3 heterocycles. The highest BCUT2D eigenvalue weighted by atomic mass is 32.2. The minimum atomic E-state index is 0.859. The standard InChI is InChI=1S/C16H26N2OS/c1(3-16-4-2-12-19-16)7-17-8-5-15(6-9-17)18-10-13-20-14-11-18/h2,4,12,15H,1,3,5-11,13-14H2. The maximum atomic E-state index is 5.39. The molecular formula is C16H26N2OS. The van der Waals surface area contributed by atoms with Crippen molar-refractivity contribution in [3.63, 3.8) is 0 Å². The molecule has 0 aliphatic carbocycles. The van der Waals surface area contributed by atoms with Gasteiger partial charge in [-0.05, 0) is 51.0 Å². The first kappa shape index (κ1) is 14.5. The molecule has 2 aliphatic heterocycles. The zero-order chi connectivity index (χ0) is 13.6. The molecule has 0 bridgehead atoms. The average Bonchev–Trinajstić information content (AvgIpc) is 3.02. The molecule has 0 unspecified atom stereocenters. The largest absolute Gasteiger partial charge is 0.469 e. The fraction of sp³-hybridized carbons (Fsp3) is 0.750. The first-order valence-corrected chi connectivity index (χ1v) is 9.14. The molecule has 1 aromatic heterocycles. The van der Waals surface area contributed by atoms with Crippen molar-refractivity contribution < 1.29 is 4.42 Å². The molecular weight excluding hydrogens is 268 g/mol. The third-order valence-electron chi connectivity index (χ3n) is 4.60. The number of hydrogen-bond donors (Lipinski definition) is 0. The summed E-state index contributed by atoms with van der Waals surface area (Å²) >= 11 is 2.11. The number of aryl methyl sites for hydroxylation is 1. The molecule has 2 fully saturated rings. The summed E-state index contributed by atoms with van der Waals surface area (Å²) in [5, 5.41) is 0. The van der Waals surface area contributed by atoms with Gasteiger partial charge >= 0.3 is 0 Å².